The fraction of sp³-hybridized carbons (Fsp3) is 0.238. The van der Waals surface area contributed by atoms with Gasteiger partial charge in [0.25, 0.3) is 0 Å². The standard InChI is InChI=1S/C21H18F4N4O2/c1-12(2)31-20(30)18(15-7-17(22)9-26-8-15)10-29-11-27-19(28-29)14-4-13(3)5-16(6-14)21(23,24)25/h4-12H,1-3H3/b18-10-. The third-order valence-electron chi connectivity index (χ3n) is 4.01. The fourth-order valence-corrected chi connectivity index (χ4v) is 2.76. The number of ether oxygens (including phenoxy) is 1. The second-order valence-electron chi connectivity index (χ2n) is 7.02. The van der Waals surface area contributed by atoms with Gasteiger partial charge in [-0.25, -0.2) is 18.9 Å². The quantitative estimate of drug-likeness (QED) is 0.329. The normalized spacial score (nSPS) is 12.3. The molecule has 162 valence electrons. The number of carbonyl (C=O) groups is 1. The van der Waals surface area contributed by atoms with Crippen LogP contribution >= 0.6 is 0 Å². The molecule has 0 fully saturated rings. The molecule has 0 N–H and O–H groups in total. The van der Waals surface area contributed by atoms with E-state index in [1.54, 1.807) is 13.8 Å². The van der Waals surface area contributed by atoms with Gasteiger partial charge in [-0.15, -0.1) is 5.10 Å². The van der Waals surface area contributed by atoms with Gasteiger partial charge >= 0.3 is 12.1 Å². The molecule has 3 aromatic rings. The summed E-state index contributed by atoms with van der Waals surface area (Å²) >= 11 is 0. The molecule has 0 bridgehead atoms. The second-order valence-corrected chi connectivity index (χ2v) is 7.02. The summed E-state index contributed by atoms with van der Waals surface area (Å²) in [4.78, 5) is 20.3. The maximum absolute atomic E-state index is 13.6. The van der Waals surface area contributed by atoms with Crippen LogP contribution in [-0.4, -0.2) is 31.8 Å². The summed E-state index contributed by atoms with van der Waals surface area (Å²) in [6, 6.07) is 4.59. The minimum absolute atomic E-state index is 0.0272. The molecule has 0 spiro atoms. The van der Waals surface area contributed by atoms with E-state index >= 15 is 0 Å². The van der Waals surface area contributed by atoms with E-state index in [-0.39, 0.29) is 22.5 Å². The summed E-state index contributed by atoms with van der Waals surface area (Å²) in [7, 11) is 0. The lowest BCUT2D eigenvalue weighted by Crippen LogP contribution is -2.14. The molecule has 0 aliphatic rings. The Morgan fingerprint density at radius 1 is 1.16 bits per heavy atom. The number of nitrogens with zero attached hydrogens (tertiary/aromatic N) is 4. The molecule has 31 heavy (non-hydrogen) atoms. The molecule has 0 saturated carbocycles. The van der Waals surface area contributed by atoms with Crippen LogP contribution in [0.25, 0.3) is 23.2 Å². The fourth-order valence-electron chi connectivity index (χ4n) is 2.76. The highest BCUT2D eigenvalue weighted by atomic mass is 19.4. The molecule has 0 amide bonds. The van der Waals surface area contributed by atoms with Gasteiger partial charge in [0.05, 0.1) is 23.4 Å². The van der Waals surface area contributed by atoms with Gasteiger partial charge < -0.3 is 4.74 Å². The Morgan fingerprint density at radius 2 is 1.90 bits per heavy atom. The van der Waals surface area contributed by atoms with E-state index in [9.17, 15) is 22.4 Å². The highest BCUT2D eigenvalue weighted by Gasteiger charge is 2.31. The number of pyridine rings is 1. The molecule has 6 nitrogen and oxygen atoms in total. The number of alkyl halides is 3. The number of aryl methyl sites for hydroxylation is 1. The molecule has 0 saturated heterocycles. The minimum atomic E-state index is -4.51. The molecule has 0 unspecified atom stereocenters. The van der Waals surface area contributed by atoms with Crippen LogP contribution in [0.2, 0.25) is 0 Å². The van der Waals surface area contributed by atoms with E-state index in [1.165, 1.54) is 31.7 Å². The van der Waals surface area contributed by atoms with Crippen molar-refractivity contribution in [1.29, 1.82) is 0 Å². The highest BCUT2D eigenvalue weighted by molar-refractivity contribution is 6.20. The van der Waals surface area contributed by atoms with E-state index in [1.807, 2.05) is 0 Å². The predicted octanol–water partition coefficient (Wildman–Crippen LogP) is 4.76. The van der Waals surface area contributed by atoms with Gasteiger partial charge in [-0.2, -0.15) is 13.2 Å². The first-order valence-electron chi connectivity index (χ1n) is 9.17. The Labute approximate surface area is 175 Å². The Hall–Kier alpha value is -3.56. The SMILES string of the molecule is Cc1cc(-c2ncn(/C=C(\C(=O)OC(C)C)c3cncc(F)c3)n2)cc(C(F)(F)F)c1. The monoisotopic (exact) mass is 434 g/mol. The van der Waals surface area contributed by atoms with Crippen molar-refractivity contribution in [3.8, 4) is 11.4 Å². The first kappa shape index (κ1) is 22.1. The zero-order chi connectivity index (χ0) is 22.8. The summed E-state index contributed by atoms with van der Waals surface area (Å²) in [6.45, 7) is 4.85. The van der Waals surface area contributed by atoms with Crippen LogP contribution in [0.5, 0.6) is 0 Å². The first-order valence-corrected chi connectivity index (χ1v) is 9.17. The van der Waals surface area contributed by atoms with Crippen molar-refractivity contribution >= 4 is 17.7 Å². The number of aromatic nitrogens is 4. The minimum Gasteiger partial charge on any atom is -0.459 e. The predicted molar refractivity (Wildman–Crippen MR) is 105 cm³/mol. The maximum Gasteiger partial charge on any atom is 0.416 e. The van der Waals surface area contributed by atoms with Crippen molar-refractivity contribution in [3.05, 3.63) is 65.5 Å². The maximum atomic E-state index is 13.6. The smallest absolute Gasteiger partial charge is 0.416 e. The number of esters is 1. The van der Waals surface area contributed by atoms with Crippen LogP contribution in [-0.2, 0) is 15.7 Å². The van der Waals surface area contributed by atoms with Gasteiger partial charge in [0.2, 0.25) is 0 Å². The van der Waals surface area contributed by atoms with Gasteiger partial charge in [-0.1, -0.05) is 0 Å². The van der Waals surface area contributed by atoms with Crippen LogP contribution in [0.3, 0.4) is 0 Å². The van der Waals surface area contributed by atoms with E-state index in [4.69, 9.17) is 4.74 Å². The van der Waals surface area contributed by atoms with E-state index in [2.05, 4.69) is 15.1 Å². The number of halogens is 4. The van der Waals surface area contributed by atoms with Crippen LogP contribution in [0.1, 0.15) is 30.5 Å². The van der Waals surface area contributed by atoms with E-state index in [0.717, 1.165) is 29.1 Å². The van der Waals surface area contributed by atoms with Crippen LogP contribution in [0, 0.1) is 12.7 Å². The van der Waals surface area contributed by atoms with Gasteiger partial charge in [0.1, 0.15) is 12.1 Å². The van der Waals surface area contributed by atoms with Crippen LogP contribution in [0.15, 0.2) is 43.0 Å². The van der Waals surface area contributed by atoms with Crippen molar-refractivity contribution in [1.82, 2.24) is 19.7 Å². The third kappa shape index (κ3) is 5.53. The number of hydrogen-bond donors (Lipinski definition) is 0. The lowest BCUT2D eigenvalue weighted by Gasteiger charge is -2.11. The highest BCUT2D eigenvalue weighted by Crippen LogP contribution is 2.32. The number of rotatable bonds is 5. The molecule has 1 aromatic carbocycles. The van der Waals surface area contributed by atoms with Gasteiger partial charge in [0, 0.05) is 23.5 Å². The molecule has 0 aliphatic heterocycles. The summed E-state index contributed by atoms with van der Waals surface area (Å²) in [5.41, 5.74) is -0.154. The molecule has 0 aliphatic carbocycles. The Balaban J connectivity index is 2.02. The van der Waals surface area contributed by atoms with Crippen molar-refractivity contribution in [2.45, 2.75) is 33.1 Å². The van der Waals surface area contributed by atoms with E-state index < -0.39 is 29.6 Å². The van der Waals surface area contributed by atoms with Crippen molar-refractivity contribution < 1.29 is 27.1 Å². The van der Waals surface area contributed by atoms with Crippen molar-refractivity contribution in [3.63, 3.8) is 0 Å². The first-order chi connectivity index (χ1) is 14.5. The Bertz CT molecular complexity index is 1140. The van der Waals surface area contributed by atoms with Crippen LogP contribution in [0.4, 0.5) is 17.6 Å². The van der Waals surface area contributed by atoms with E-state index in [0.29, 0.717) is 5.56 Å². The Morgan fingerprint density at radius 3 is 2.55 bits per heavy atom. The Kier molecular flexibility index (Phi) is 6.19. The molecule has 0 atom stereocenters. The molecule has 2 heterocycles. The molecule has 0 radical (unpaired) electrons. The molecular formula is C21H18F4N4O2. The lowest BCUT2D eigenvalue weighted by atomic mass is 10.1. The van der Waals surface area contributed by atoms with Crippen molar-refractivity contribution in [2.75, 3.05) is 0 Å². The average molecular weight is 434 g/mol. The van der Waals surface area contributed by atoms with Crippen LogP contribution < -0.4 is 0 Å². The number of hydrogen-bond acceptors (Lipinski definition) is 5. The summed E-state index contributed by atoms with van der Waals surface area (Å²) in [6.07, 6.45) is -0.209. The van der Waals surface area contributed by atoms with Gasteiger partial charge in [-0.05, 0) is 50.6 Å². The second kappa shape index (κ2) is 8.66. The molecule has 3 rings (SSSR count). The molecule has 2 aromatic heterocycles. The average Bonchev–Trinajstić information content (AvgIpc) is 3.13. The number of benzene rings is 1. The molecule has 10 heteroatoms. The van der Waals surface area contributed by atoms with Gasteiger partial charge in [0.15, 0.2) is 5.82 Å². The topological polar surface area (TPSA) is 69.9 Å². The summed E-state index contributed by atoms with van der Waals surface area (Å²) in [5.74, 6) is -1.37. The zero-order valence-electron chi connectivity index (χ0n) is 16.8. The van der Waals surface area contributed by atoms with Gasteiger partial charge in [-0.3, -0.25) is 4.98 Å². The zero-order valence-corrected chi connectivity index (χ0v) is 16.8. The number of carbonyl (C=O) groups excluding carboxylic acids is 1. The third-order valence-corrected chi connectivity index (χ3v) is 4.01. The summed E-state index contributed by atoms with van der Waals surface area (Å²) in [5, 5.41) is 4.13. The molecular weight excluding hydrogens is 416 g/mol. The largest absolute Gasteiger partial charge is 0.459 e. The summed E-state index contributed by atoms with van der Waals surface area (Å²) < 4.78 is 59.3. The van der Waals surface area contributed by atoms with Crippen molar-refractivity contribution in [2.24, 2.45) is 0 Å². The lowest BCUT2D eigenvalue weighted by molar-refractivity contribution is -0.140.